The standard InChI is InChI=1S/C22H27NO7S/c1-4-29-18-11-16(12-18)6-5-15-7-9-17(10-8-15)23-14-19(30-21(23)26)13-22(2,20(24)25)31(3,27)28/h7-10,16,18-19H,4,11-14H2,1-3H3,(H,24,25)/t16?,18?,19-,22+/m0/s1. The van der Waals surface area contributed by atoms with Crippen molar-refractivity contribution in [3.05, 3.63) is 29.8 Å². The Bertz CT molecular complexity index is 1000. The van der Waals surface area contributed by atoms with Crippen LogP contribution in [0.3, 0.4) is 0 Å². The number of carbonyl (C=O) groups excluding carboxylic acids is 1. The lowest BCUT2D eigenvalue weighted by Gasteiger charge is -2.31. The lowest BCUT2D eigenvalue weighted by molar-refractivity contribution is -0.140. The van der Waals surface area contributed by atoms with Crippen LogP contribution in [0.5, 0.6) is 0 Å². The van der Waals surface area contributed by atoms with Crippen LogP contribution in [0.25, 0.3) is 0 Å². The Morgan fingerprint density at radius 3 is 2.52 bits per heavy atom. The molecule has 8 nitrogen and oxygen atoms in total. The minimum atomic E-state index is -3.91. The minimum absolute atomic E-state index is 0.0726. The number of anilines is 1. The van der Waals surface area contributed by atoms with E-state index in [-0.39, 0.29) is 13.0 Å². The average Bonchev–Trinajstić information content (AvgIpc) is 3.02. The van der Waals surface area contributed by atoms with E-state index in [9.17, 15) is 23.1 Å². The normalized spacial score (nSPS) is 25.1. The van der Waals surface area contributed by atoms with E-state index >= 15 is 0 Å². The summed E-state index contributed by atoms with van der Waals surface area (Å²) >= 11 is 0. The number of rotatable bonds is 7. The van der Waals surface area contributed by atoms with Crippen molar-refractivity contribution in [3.8, 4) is 11.8 Å². The van der Waals surface area contributed by atoms with Crippen LogP contribution >= 0.6 is 0 Å². The first-order valence-electron chi connectivity index (χ1n) is 10.2. The zero-order valence-electron chi connectivity index (χ0n) is 17.8. The number of cyclic esters (lactones) is 1. The summed E-state index contributed by atoms with van der Waals surface area (Å²) in [7, 11) is -3.91. The smallest absolute Gasteiger partial charge is 0.414 e. The molecule has 1 N–H and O–H groups in total. The summed E-state index contributed by atoms with van der Waals surface area (Å²) in [5.74, 6) is 5.24. The van der Waals surface area contributed by atoms with Crippen molar-refractivity contribution in [2.24, 2.45) is 5.92 Å². The molecule has 31 heavy (non-hydrogen) atoms. The second kappa shape index (κ2) is 8.89. The van der Waals surface area contributed by atoms with Gasteiger partial charge in [0.15, 0.2) is 14.6 Å². The molecule has 1 saturated heterocycles. The highest BCUT2D eigenvalue weighted by Gasteiger charge is 2.48. The molecular formula is C22H27NO7S. The SMILES string of the molecule is CCOC1CC(C#Cc2ccc(N3C[C@H](C[C@](C)(C(=O)O)S(C)(=O)=O)OC3=O)cc2)C1. The van der Waals surface area contributed by atoms with Crippen LogP contribution in [0.4, 0.5) is 10.5 Å². The van der Waals surface area contributed by atoms with Gasteiger partial charge in [-0.25, -0.2) is 13.2 Å². The maximum absolute atomic E-state index is 12.3. The first-order chi connectivity index (χ1) is 14.5. The zero-order chi connectivity index (χ0) is 22.8. The van der Waals surface area contributed by atoms with Gasteiger partial charge in [0, 0.05) is 36.5 Å². The van der Waals surface area contributed by atoms with Gasteiger partial charge in [-0.15, -0.1) is 0 Å². The topological polar surface area (TPSA) is 110 Å². The number of ether oxygens (including phenoxy) is 2. The molecule has 3 rings (SSSR count). The van der Waals surface area contributed by atoms with Gasteiger partial charge in [-0.3, -0.25) is 9.69 Å². The molecule has 0 radical (unpaired) electrons. The number of sulfone groups is 1. The van der Waals surface area contributed by atoms with Crippen molar-refractivity contribution in [1.82, 2.24) is 0 Å². The van der Waals surface area contributed by atoms with Crippen LogP contribution in [0, 0.1) is 17.8 Å². The van der Waals surface area contributed by atoms with E-state index in [0.717, 1.165) is 38.2 Å². The van der Waals surface area contributed by atoms with Gasteiger partial charge in [-0.2, -0.15) is 0 Å². The Labute approximate surface area is 182 Å². The molecule has 168 valence electrons. The highest BCUT2D eigenvalue weighted by Crippen LogP contribution is 2.31. The molecule has 1 aromatic rings. The summed E-state index contributed by atoms with van der Waals surface area (Å²) in [6.07, 6.45) is 1.27. The van der Waals surface area contributed by atoms with Gasteiger partial charge in [0.1, 0.15) is 6.10 Å². The van der Waals surface area contributed by atoms with E-state index in [1.807, 2.05) is 6.92 Å². The Morgan fingerprint density at radius 2 is 1.97 bits per heavy atom. The second-order valence-corrected chi connectivity index (χ2v) is 10.6. The Morgan fingerprint density at radius 1 is 1.32 bits per heavy atom. The molecule has 1 aromatic carbocycles. The molecule has 1 aliphatic carbocycles. The van der Waals surface area contributed by atoms with E-state index in [4.69, 9.17) is 9.47 Å². The average molecular weight is 450 g/mol. The molecule has 2 aliphatic rings. The number of aliphatic carboxylic acids is 1. The third-order valence-electron chi connectivity index (χ3n) is 5.86. The maximum Gasteiger partial charge on any atom is 0.414 e. The minimum Gasteiger partial charge on any atom is -0.480 e. The predicted octanol–water partition coefficient (Wildman–Crippen LogP) is 2.46. The molecule has 1 amide bonds. The first-order valence-corrected chi connectivity index (χ1v) is 12.1. The molecule has 2 atom stereocenters. The molecule has 0 unspecified atom stereocenters. The quantitative estimate of drug-likeness (QED) is 0.637. The van der Waals surface area contributed by atoms with Gasteiger partial charge in [-0.05, 0) is 51.0 Å². The molecule has 0 bridgehead atoms. The summed E-state index contributed by atoms with van der Waals surface area (Å²) in [6, 6.07) is 7.09. The number of carboxylic acid groups (broad SMARTS) is 1. The third-order valence-corrected chi connectivity index (χ3v) is 7.84. The number of benzene rings is 1. The molecule has 2 fully saturated rings. The number of amides is 1. The van der Waals surface area contributed by atoms with Gasteiger partial charge >= 0.3 is 12.1 Å². The molecule has 1 aliphatic heterocycles. The van der Waals surface area contributed by atoms with Crippen molar-refractivity contribution in [2.75, 3.05) is 24.3 Å². The van der Waals surface area contributed by atoms with E-state index in [2.05, 4.69) is 11.8 Å². The van der Waals surface area contributed by atoms with Crippen LogP contribution in [0.15, 0.2) is 24.3 Å². The number of carbonyl (C=O) groups is 2. The summed E-state index contributed by atoms with van der Waals surface area (Å²) in [5, 5.41) is 9.41. The largest absolute Gasteiger partial charge is 0.480 e. The van der Waals surface area contributed by atoms with Gasteiger partial charge in [0.25, 0.3) is 0 Å². The predicted molar refractivity (Wildman–Crippen MR) is 115 cm³/mol. The molecule has 9 heteroatoms. The lowest BCUT2D eigenvalue weighted by Crippen LogP contribution is -2.46. The van der Waals surface area contributed by atoms with Gasteiger partial charge in [-0.1, -0.05) is 11.8 Å². The van der Waals surface area contributed by atoms with Crippen LogP contribution in [-0.4, -0.2) is 61.9 Å². The van der Waals surface area contributed by atoms with E-state index < -0.39 is 32.8 Å². The van der Waals surface area contributed by atoms with Crippen LogP contribution in [0.2, 0.25) is 0 Å². The fourth-order valence-corrected chi connectivity index (χ4v) is 4.44. The zero-order valence-corrected chi connectivity index (χ0v) is 18.6. The van der Waals surface area contributed by atoms with E-state index in [1.54, 1.807) is 24.3 Å². The van der Waals surface area contributed by atoms with Gasteiger partial charge < -0.3 is 14.6 Å². The van der Waals surface area contributed by atoms with Crippen LogP contribution in [-0.2, 0) is 24.1 Å². The van der Waals surface area contributed by atoms with Gasteiger partial charge in [0.2, 0.25) is 0 Å². The summed E-state index contributed by atoms with van der Waals surface area (Å²) in [5.41, 5.74) is 1.40. The first kappa shape index (κ1) is 23.1. The third kappa shape index (κ3) is 5.02. The van der Waals surface area contributed by atoms with Crippen molar-refractivity contribution in [2.45, 2.75) is 50.1 Å². The van der Waals surface area contributed by atoms with Crippen molar-refractivity contribution in [3.63, 3.8) is 0 Å². The Kier molecular flexibility index (Phi) is 6.62. The molecule has 0 aromatic heterocycles. The fourth-order valence-electron chi connectivity index (χ4n) is 3.64. The summed E-state index contributed by atoms with van der Waals surface area (Å²) < 4.78 is 32.7. The summed E-state index contributed by atoms with van der Waals surface area (Å²) in [4.78, 5) is 25.2. The molecule has 1 heterocycles. The monoisotopic (exact) mass is 449 g/mol. The number of hydrogen-bond donors (Lipinski definition) is 1. The van der Waals surface area contributed by atoms with Crippen molar-refractivity contribution >= 4 is 27.6 Å². The maximum atomic E-state index is 12.3. The number of carboxylic acids is 1. The highest BCUT2D eigenvalue weighted by atomic mass is 32.2. The fraction of sp³-hybridized carbons (Fsp3) is 0.545. The Balaban J connectivity index is 1.62. The molecule has 1 saturated carbocycles. The van der Waals surface area contributed by atoms with E-state index in [0.29, 0.717) is 17.7 Å². The number of nitrogens with zero attached hydrogens (tertiary/aromatic N) is 1. The molecular weight excluding hydrogens is 422 g/mol. The van der Waals surface area contributed by atoms with E-state index in [1.165, 1.54) is 4.90 Å². The highest BCUT2D eigenvalue weighted by molar-refractivity contribution is 7.92. The van der Waals surface area contributed by atoms with Crippen LogP contribution < -0.4 is 4.90 Å². The second-order valence-electron chi connectivity index (χ2n) is 8.19. The summed E-state index contributed by atoms with van der Waals surface area (Å²) in [6.45, 7) is 3.90. The van der Waals surface area contributed by atoms with Crippen molar-refractivity contribution in [1.29, 1.82) is 0 Å². The van der Waals surface area contributed by atoms with Crippen LogP contribution in [0.1, 0.15) is 38.7 Å². The van der Waals surface area contributed by atoms with Crippen molar-refractivity contribution < 1.29 is 32.6 Å². The van der Waals surface area contributed by atoms with Gasteiger partial charge in [0.05, 0.1) is 12.6 Å². The molecule has 0 spiro atoms. The number of hydrogen-bond acceptors (Lipinski definition) is 6. The lowest BCUT2D eigenvalue weighted by atomic mass is 9.82. The Hall–Kier alpha value is -2.57.